The molecule has 0 radical (unpaired) electrons. The molecule has 116 valence electrons. The molecule has 2 aromatic rings. The van der Waals surface area contributed by atoms with Crippen molar-refractivity contribution in [2.45, 2.75) is 6.54 Å². The molecule has 1 aromatic carbocycles. The Morgan fingerprint density at radius 2 is 1.86 bits per heavy atom. The van der Waals surface area contributed by atoms with Gasteiger partial charge in [0.05, 0.1) is 6.20 Å². The number of hydrogen-bond donors (Lipinski definition) is 1. The van der Waals surface area contributed by atoms with Crippen LogP contribution in [0.25, 0.3) is 0 Å². The van der Waals surface area contributed by atoms with Gasteiger partial charge in [-0.1, -0.05) is 30.3 Å². The van der Waals surface area contributed by atoms with Crippen LogP contribution in [-0.2, 0) is 13.6 Å². The van der Waals surface area contributed by atoms with Crippen LogP contribution in [-0.4, -0.2) is 51.7 Å². The highest BCUT2D eigenvalue weighted by Crippen LogP contribution is 2.15. The number of anilines is 1. The fourth-order valence-corrected chi connectivity index (χ4v) is 2.73. The second-order valence-corrected chi connectivity index (χ2v) is 5.62. The molecule has 0 bridgehead atoms. The lowest BCUT2D eigenvalue weighted by Crippen LogP contribution is -2.48. The van der Waals surface area contributed by atoms with Gasteiger partial charge in [0, 0.05) is 39.8 Å². The van der Waals surface area contributed by atoms with Crippen LogP contribution < -0.4 is 5.73 Å². The lowest BCUT2D eigenvalue weighted by atomic mass is 10.2. The van der Waals surface area contributed by atoms with Crippen molar-refractivity contribution in [1.82, 2.24) is 19.6 Å². The number of rotatable bonds is 3. The molecule has 3 rings (SSSR count). The molecule has 2 N–H and O–H groups in total. The number of amides is 1. The van der Waals surface area contributed by atoms with Crippen molar-refractivity contribution < 1.29 is 4.79 Å². The lowest BCUT2D eigenvalue weighted by Gasteiger charge is -2.34. The maximum absolute atomic E-state index is 12.5. The Kier molecular flexibility index (Phi) is 4.11. The Bertz CT molecular complexity index is 644. The predicted octanol–water partition coefficient (Wildman–Crippen LogP) is 0.960. The van der Waals surface area contributed by atoms with E-state index in [1.54, 1.807) is 13.2 Å². The Labute approximate surface area is 130 Å². The molecule has 1 aliphatic rings. The minimum Gasteiger partial charge on any atom is -0.383 e. The van der Waals surface area contributed by atoms with E-state index >= 15 is 0 Å². The molecule has 1 amide bonds. The average Bonchev–Trinajstić information content (AvgIpc) is 2.88. The van der Waals surface area contributed by atoms with Crippen LogP contribution in [0.3, 0.4) is 0 Å². The van der Waals surface area contributed by atoms with Gasteiger partial charge >= 0.3 is 0 Å². The quantitative estimate of drug-likeness (QED) is 0.916. The number of aromatic nitrogens is 2. The number of aryl methyl sites for hydroxylation is 1. The molecule has 0 spiro atoms. The average molecular weight is 299 g/mol. The molecular weight excluding hydrogens is 278 g/mol. The fraction of sp³-hybridized carbons (Fsp3) is 0.375. The van der Waals surface area contributed by atoms with Crippen LogP contribution in [0.15, 0.2) is 36.5 Å². The van der Waals surface area contributed by atoms with Crippen LogP contribution in [0.1, 0.15) is 15.9 Å². The third-order valence-electron chi connectivity index (χ3n) is 4.12. The standard InChI is InChI=1S/C16H21N5O/c1-19-15(17)14(11-18-19)16(22)21-9-7-20(8-10-21)12-13-5-3-2-4-6-13/h2-6,11H,7-10,12,17H2,1H3. The van der Waals surface area contributed by atoms with Crippen LogP contribution in [0.5, 0.6) is 0 Å². The van der Waals surface area contributed by atoms with Crippen LogP contribution in [0.2, 0.25) is 0 Å². The normalized spacial score (nSPS) is 16.0. The third-order valence-corrected chi connectivity index (χ3v) is 4.12. The van der Waals surface area contributed by atoms with E-state index in [1.807, 2.05) is 11.0 Å². The van der Waals surface area contributed by atoms with E-state index in [0.29, 0.717) is 11.4 Å². The number of benzene rings is 1. The summed E-state index contributed by atoms with van der Waals surface area (Å²) in [7, 11) is 1.74. The predicted molar refractivity (Wildman–Crippen MR) is 85.2 cm³/mol. The Balaban J connectivity index is 1.57. The zero-order chi connectivity index (χ0) is 15.5. The summed E-state index contributed by atoms with van der Waals surface area (Å²) < 4.78 is 1.53. The maximum atomic E-state index is 12.5. The monoisotopic (exact) mass is 299 g/mol. The second-order valence-electron chi connectivity index (χ2n) is 5.62. The van der Waals surface area contributed by atoms with E-state index < -0.39 is 0 Å². The highest BCUT2D eigenvalue weighted by atomic mass is 16.2. The molecule has 0 saturated carbocycles. The van der Waals surface area contributed by atoms with Gasteiger partial charge in [0.25, 0.3) is 5.91 Å². The molecule has 1 saturated heterocycles. The molecule has 0 atom stereocenters. The van der Waals surface area contributed by atoms with Crippen molar-refractivity contribution in [3.05, 3.63) is 47.7 Å². The molecule has 1 aromatic heterocycles. The fourth-order valence-electron chi connectivity index (χ4n) is 2.73. The van der Waals surface area contributed by atoms with E-state index in [-0.39, 0.29) is 5.91 Å². The Morgan fingerprint density at radius 1 is 1.18 bits per heavy atom. The minimum atomic E-state index is -0.0232. The number of piperazine rings is 1. The highest BCUT2D eigenvalue weighted by Gasteiger charge is 2.24. The zero-order valence-corrected chi connectivity index (χ0v) is 12.8. The summed E-state index contributed by atoms with van der Waals surface area (Å²) in [6, 6.07) is 10.4. The van der Waals surface area contributed by atoms with Crippen molar-refractivity contribution in [2.24, 2.45) is 7.05 Å². The van der Waals surface area contributed by atoms with E-state index in [1.165, 1.54) is 10.2 Å². The first-order valence-electron chi connectivity index (χ1n) is 7.48. The molecule has 0 aliphatic carbocycles. The molecule has 2 heterocycles. The first-order valence-corrected chi connectivity index (χ1v) is 7.48. The van der Waals surface area contributed by atoms with Gasteiger partial charge in [-0.25, -0.2) is 0 Å². The number of nitrogen functional groups attached to an aromatic ring is 1. The van der Waals surface area contributed by atoms with Crippen molar-refractivity contribution in [2.75, 3.05) is 31.9 Å². The van der Waals surface area contributed by atoms with Gasteiger partial charge in [-0.3, -0.25) is 14.4 Å². The van der Waals surface area contributed by atoms with Gasteiger partial charge in [0.15, 0.2) is 0 Å². The van der Waals surface area contributed by atoms with E-state index in [2.05, 4.69) is 34.3 Å². The summed E-state index contributed by atoms with van der Waals surface area (Å²) >= 11 is 0. The number of nitrogens with two attached hydrogens (primary N) is 1. The molecule has 6 heteroatoms. The minimum absolute atomic E-state index is 0.0232. The Morgan fingerprint density at radius 3 is 2.45 bits per heavy atom. The summed E-state index contributed by atoms with van der Waals surface area (Å²) in [5.74, 6) is 0.404. The molecular formula is C16H21N5O. The topological polar surface area (TPSA) is 67.4 Å². The zero-order valence-electron chi connectivity index (χ0n) is 12.8. The molecule has 1 aliphatic heterocycles. The first-order chi connectivity index (χ1) is 10.6. The van der Waals surface area contributed by atoms with E-state index in [9.17, 15) is 4.79 Å². The van der Waals surface area contributed by atoms with E-state index in [4.69, 9.17) is 5.73 Å². The molecule has 0 unspecified atom stereocenters. The number of nitrogens with zero attached hydrogens (tertiary/aromatic N) is 4. The van der Waals surface area contributed by atoms with Gasteiger partial charge in [-0.15, -0.1) is 0 Å². The van der Waals surface area contributed by atoms with Crippen molar-refractivity contribution in [1.29, 1.82) is 0 Å². The van der Waals surface area contributed by atoms with E-state index in [0.717, 1.165) is 32.7 Å². The van der Waals surface area contributed by atoms with Crippen molar-refractivity contribution in [3.63, 3.8) is 0 Å². The summed E-state index contributed by atoms with van der Waals surface area (Å²) in [4.78, 5) is 16.7. The summed E-state index contributed by atoms with van der Waals surface area (Å²) in [6.07, 6.45) is 1.55. The van der Waals surface area contributed by atoms with Gasteiger partial charge in [-0.2, -0.15) is 5.10 Å². The van der Waals surface area contributed by atoms with Gasteiger partial charge in [0.2, 0.25) is 0 Å². The first kappa shape index (κ1) is 14.6. The highest BCUT2D eigenvalue weighted by molar-refractivity contribution is 5.98. The van der Waals surface area contributed by atoms with Crippen molar-refractivity contribution >= 4 is 11.7 Å². The molecule has 1 fully saturated rings. The third kappa shape index (κ3) is 2.96. The van der Waals surface area contributed by atoms with Crippen LogP contribution >= 0.6 is 0 Å². The Hall–Kier alpha value is -2.34. The smallest absolute Gasteiger partial charge is 0.259 e. The van der Waals surface area contributed by atoms with Crippen molar-refractivity contribution in [3.8, 4) is 0 Å². The van der Waals surface area contributed by atoms with Gasteiger partial charge in [-0.05, 0) is 5.56 Å². The number of hydrogen-bond acceptors (Lipinski definition) is 4. The largest absolute Gasteiger partial charge is 0.383 e. The SMILES string of the molecule is Cn1ncc(C(=O)N2CCN(Cc3ccccc3)CC2)c1N. The molecule has 22 heavy (non-hydrogen) atoms. The number of carbonyl (C=O) groups excluding carboxylic acids is 1. The number of carbonyl (C=O) groups is 1. The summed E-state index contributed by atoms with van der Waals surface area (Å²) in [6.45, 7) is 4.12. The molecule has 6 nitrogen and oxygen atoms in total. The summed E-state index contributed by atoms with van der Waals surface area (Å²) in [5.41, 5.74) is 7.69. The van der Waals surface area contributed by atoms with Crippen LogP contribution in [0, 0.1) is 0 Å². The van der Waals surface area contributed by atoms with Gasteiger partial charge in [0.1, 0.15) is 11.4 Å². The lowest BCUT2D eigenvalue weighted by molar-refractivity contribution is 0.0629. The maximum Gasteiger partial charge on any atom is 0.259 e. The second kappa shape index (κ2) is 6.19. The summed E-state index contributed by atoms with van der Waals surface area (Å²) in [5, 5.41) is 4.04. The van der Waals surface area contributed by atoms with Crippen LogP contribution in [0.4, 0.5) is 5.82 Å². The van der Waals surface area contributed by atoms with Gasteiger partial charge < -0.3 is 10.6 Å².